The molecule has 0 saturated carbocycles. The number of hydrogen-bond donors (Lipinski definition) is 4. The highest BCUT2D eigenvalue weighted by Crippen LogP contribution is 2.33. The lowest BCUT2D eigenvalue weighted by Crippen LogP contribution is -2.36. The average Bonchev–Trinajstić information content (AvgIpc) is 3.21. The van der Waals surface area contributed by atoms with Crippen LogP contribution in [0.4, 0.5) is 4.79 Å². The summed E-state index contributed by atoms with van der Waals surface area (Å²) >= 11 is 1.87. The number of unbranched alkanes of at least 4 members (excludes halogenated alkanes) is 1. The van der Waals surface area contributed by atoms with Gasteiger partial charge in [0, 0.05) is 36.0 Å². The van der Waals surface area contributed by atoms with Crippen LogP contribution in [0.25, 0.3) is 0 Å². The molecule has 30 heavy (non-hydrogen) atoms. The maximum absolute atomic E-state index is 11.8. The summed E-state index contributed by atoms with van der Waals surface area (Å²) in [6.07, 6.45) is 4.34. The van der Waals surface area contributed by atoms with Crippen molar-refractivity contribution in [1.82, 2.24) is 21.3 Å². The molecule has 0 bridgehead atoms. The molecule has 0 aromatic rings. The van der Waals surface area contributed by atoms with Gasteiger partial charge in [-0.25, -0.2) is 13.2 Å². The second-order valence-electron chi connectivity index (χ2n) is 7.15. The standard InChI is InChI=1S/C17H30N4O6S3/c1-30(25,26)29-9-7-18-15(23)6-8-27-11-19-14(22)5-3-2-4-13-16-12(10-28-13)20-17(24)21-16/h12-13,16H,2-11H2,1H3,(H,18,23)(H,19,22)(H2,20,21,24)/t12-,13+,16-/m1/s1. The van der Waals surface area contributed by atoms with Crippen molar-refractivity contribution in [3.05, 3.63) is 0 Å². The zero-order chi connectivity index (χ0) is 22.0. The fourth-order valence-corrected chi connectivity index (χ4v) is 6.39. The molecule has 4 amide bonds. The molecule has 2 fully saturated rings. The van der Waals surface area contributed by atoms with Crippen molar-refractivity contribution >= 4 is 49.3 Å². The van der Waals surface area contributed by atoms with E-state index in [4.69, 9.17) is 4.74 Å². The number of thioether (sulfide) groups is 1. The van der Waals surface area contributed by atoms with Crippen LogP contribution in [0, 0.1) is 0 Å². The SMILES string of the molecule is CS(=O)(=O)SCCNC(=O)CCOCNC(=O)CCCC[C@@H]1SC[C@H]2NC(=O)N[C@@H]12. The second kappa shape index (κ2) is 12.6. The number of amides is 4. The molecule has 3 atom stereocenters. The van der Waals surface area contributed by atoms with E-state index in [0.29, 0.717) is 17.4 Å². The van der Waals surface area contributed by atoms with Crippen LogP contribution >= 0.6 is 22.6 Å². The smallest absolute Gasteiger partial charge is 0.315 e. The number of nitrogens with one attached hydrogen (secondary N) is 4. The zero-order valence-electron chi connectivity index (χ0n) is 17.0. The molecular weight excluding hydrogens is 452 g/mol. The van der Waals surface area contributed by atoms with Crippen LogP contribution in [-0.2, 0) is 23.2 Å². The Morgan fingerprint density at radius 3 is 2.73 bits per heavy atom. The Morgan fingerprint density at radius 2 is 1.97 bits per heavy atom. The molecule has 172 valence electrons. The highest BCUT2D eigenvalue weighted by molar-refractivity contribution is 8.71. The predicted molar refractivity (Wildman–Crippen MR) is 118 cm³/mol. The normalized spacial score (nSPS) is 22.8. The van der Waals surface area contributed by atoms with Gasteiger partial charge in [-0.05, 0) is 23.6 Å². The van der Waals surface area contributed by atoms with Crippen molar-refractivity contribution < 1.29 is 27.5 Å². The number of carbonyl (C=O) groups excluding carboxylic acids is 3. The minimum absolute atomic E-state index is 0.0516. The first kappa shape index (κ1) is 25.1. The highest BCUT2D eigenvalue weighted by Gasteiger charge is 2.42. The minimum Gasteiger partial charge on any atom is -0.361 e. The fourth-order valence-electron chi connectivity index (χ4n) is 3.20. The molecule has 0 spiro atoms. The number of fused-ring (bicyclic) bond motifs is 1. The summed E-state index contributed by atoms with van der Waals surface area (Å²) in [4.78, 5) is 34.8. The van der Waals surface area contributed by atoms with Gasteiger partial charge in [-0.3, -0.25) is 9.59 Å². The summed E-state index contributed by atoms with van der Waals surface area (Å²) in [5.74, 6) is 0.915. The van der Waals surface area contributed by atoms with Gasteiger partial charge in [-0.2, -0.15) is 11.8 Å². The van der Waals surface area contributed by atoms with Crippen LogP contribution in [0.1, 0.15) is 32.1 Å². The van der Waals surface area contributed by atoms with E-state index in [1.807, 2.05) is 11.8 Å². The first-order valence-electron chi connectivity index (χ1n) is 9.89. The van der Waals surface area contributed by atoms with Gasteiger partial charge in [0.1, 0.15) is 6.73 Å². The Bertz CT molecular complexity index is 706. The van der Waals surface area contributed by atoms with Crippen molar-refractivity contribution in [1.29, 1.82) is 0 Å². The molecule has 0 aromatic heterocycles. The van der Waals surface area contributed by atoms with E-state index in [-0.39, 0.29) is 56.2 Å². The van der Waals surface area contributed by atoms with Gasteiger partial charge in [0.2, 0.25) is 11.8 Å². The van der Waals surface area contributed by atoms with Gasteiger partial charge in [0.15, 0.2) is 8.87 Å². The summed E-state index contributed by atoms with van der Waals surface area (Å²) in [6.45, 7) is 0.499. The molecule has 2 rings (SSSR count). The molecule has 0 aromatic carbocycles. The van der Waals surface area contributed by atoms with E-state index in [2.05, 4.69) is 21.3 Å². The number of hydrogen-bond acceptors (Lipinski definition) is 8. The molecule has 2 aliphatic rings. The highest BCUT2D eigenvalue weighted by atomic mass is 33.1. The Balaban J connectivity index is 1.40. The van der Waals surface area contributed by atoms with Crippen molar-refractivity contribution in [3.63, 3.8) is 0 Å². The molecule has 0 unspecified atom stereocenters. The topological polar surface area (TPSA) is 143 Å². The lowest BCUT2D eigenvalue weighted by atomic mass is 10.0. The Hall–Kier alpha value is -1.18. The molecule has 0 radical (unpaired) electrons. The summed E-state index contributed by atoms with van der Waals surface area (Å²) in [5, 5.41) is 11.5. The Morgan fingerprint density at radius 1 is 1.20 bits per heavy atom. The first-order valence-corrected chi connectivity index (χ1v) is 14.3. The number of carbonyl (C=O) groups is 3. The molecule has 2 heterocycles. The van der Waals surface area contributed by atoms with Gasteiger partial charge >= 0.3 is 6.03 Å². The van der Waals surface area contributed by atoms with Gasteiger partial charge in [-0.1, -0.05) is 6.42 Å². The summed E-state index contributed by atoms with van der Waals surface area (Å²) < 4.78 is 27.1. The van der Waals surface area contributed by atoms with Gasteiger partial charge in [0.05, 0.1) is 25.1 Å². The van der Waals surface area contributed by atoms with Gasteiger partial charge in [-0.15, -0.1) is 0 Å². The van der Waals surface area contributed by atoms with Crippen molar-refractivity contribution in [2.45, 2.75) is 49.4 Å². The van der Waals surface area contributed by atoms with E-state index >= 15 is 0 Å². The van der Waals surface area contributed by atoms with E-state index in [0.717, 1.165) is 42.1 Å². The molecular formula is C17H30N4O6S3. The van der Waals surface area contributed by atoms with Gasteiger partial charge < -0.3 is 26.0 Å². The molecule has 2 aliphatic heterocycles. The summed E-state index contributed by atoms with van der Waals surface area (Å²) in [6, 6.07) is 0.333. The lowest BCUT2D eigenvalue weighted by Gasteiger charge is -2.16. The third-order valence-electron chi connectivity index (χ3n) is 4.65. The van der Waals surface area contributed by atoms with Crippen molar-refractivity contribution in [2.75, 3.05) is 37.6 Å². The maximum atomic E-state index is 11.8. The zero-order valence-corrected chi connectivity index (χ0v) is 19.4. The summed E-state index contributed by atoms with van der Waals surface area (Å²) in [7, 11) is -2.30. The molecule has 10 nitrogen and oxygen atoms in total. The largest absolute Gasteiger partial charge is 0.361 e. The third-order valence-corrected chi connectivity index (χ3v) is 8.74. The van der Waals surface area contributed by atoms with E-state index in [1.165, 1.54) is 0 Å². The van der Waals surface area contributed by atoms with Gasteiger partial charge in [0.25, 0.3) is 0 Å². The quantitative estimate of drug-likeness (QED) is 0.117. The second-order valence-corrected chi connectivity index (χ2v) is 13.0. The lowest BCUT2D eigenvalue weighted by molar-refractivity contribution is -0.123. The molecule has 4 N–H and O–H groups in total. The van der Waals surface area contributed by atoms with Crippen molar-refractivity contribution in [3.8, 4) is 0 Å². The van der Waals surface area contributed by atoms with Crippen molar-refractivity contribution in [2.24, 2.45) is 0 Å². The molecule has 2 saturated heterocycles. The predicted octanol–water partition coefficient (Wildman–Crippen LogP) is 0.00160. The van der Waals surface area contributed by atoms with E-state index < -0.39 is 8.87 Å². The van der Waals surface area contributed by atoms with E-state index in [9.17, 15) is 22.8 Å². The van der Waals surface area contributed by atoms with Crippen LogP contribution in [0.2, 0.25) is 0 Å². The van der Waals surface area contributed by atoms with Crippen LogP contribution in [-0.4, -0.2) is 81.2 Å². The number of rotatable bonds is 14. The Kier molecular flexibility index (Phi) is 10.6. The van der Waals surface area contributed by atoms with Crippen LogP contribution in [0.3, 0.4) is 0 Å². The van der Waals surface area contributed by atoms with Crippen LogP contribution in [0.5, 0.6) is 0 Å². The van der Waals surface area contributed by atoms with Crippen LogP contribution < -0.4 is 21.3 Å². The number of urea groups is 1. The summed E-state index contributed by atoms with van der Waals surface area (Å²) in [5.41, 5.74) is 0. The van der Waals surface area contributed by atoms with E-state index in [1.54, 1.807) is 0 Å². The number of ether oxygens (including phenoxy) is 1. The average molecular weight is 483 g/mol. The Labute approximate surface area is 185 Å². The minimum atomic E-state index is -3.09. The fraction of sp³-hybridized carbons (Fsp3) is 0.824. The molecule has 13 heteroatoms. The maximum Gasteiger partial charge on any atom is 0.315 e. The first-order chi connectivity index (χ1) is 14.2. The third kappa shape index (κ3) is 9.75. The van der Waals surface area contributed by atoms with Crippen LogP contribution in [0.15, 0.2) is 0 Å². The molecule has 0 aliphatic carbocycles. The monoisotopic (exact) mass is 482 g/mol.